The van der Waals surface area contributed by atoms with Gasteiger partial charge in [-0.1, -0.05) is 13.8 Å². The third kappa shape index (κ3) is 5.65. The summed E-state index contributed by atoms with van der Waals surface area (Å²) in [5, 5.41) is 17.2. The van der Waals surface area contributed by atoms with E-state index in [4.69, 9.17) is 0 Å². The molecular formula is C11H19N3O2S. The maximum Gasteiger partial charge on any atom is 0.321 e. The fraction of sp³-hybridized carbons (Fsp3) is 0.636. The third-order valence-electron chi connectivity index (χ3n) is 2.08. The van der Waals surface area contributed by atoms with Crippen molar-refractivity contribution >= 4 is 22.5 Å². The molecule has 1 rings (SSSR count). The van der Waals surface area contributed by atoms with Crippen LogP contribution >= 0.6 is 11.3 Å². The second-order valence-corrected chi connectivity index (χ2v) is 5.27. The molecule has 0 radical (unpaired) electrons. The van der Waals surface area contributed by atoms with E-state index in [9.17, 15) is 9.90 Å². The summed E-state index contributed by atoms with van der Waals surface area (Å²) < 4.78 is 0. The fourth-order valence-corrected chi connectivity index (χ4v) is 2.07. The second kappa shape index (κ2) is 6.56. The van der Waals surface area contributed by atoms with Gasteiger partial charge in [0.15, 0.2) is 5.13 Å². The molecule has 0 bridgehead atoms. The van der Waals surface area contributed by atoms with Crippen LogP contribution < -0.4 is 10.6 Å². The molecule has 3 N–H and O–H groups in total. The number of nitrogens with zero attached hydrogens (tertiary/aromatic N) is 1. The number of anilines is 1. The standard InChI is InChI=1S/C11H19N3O2S/c1-7(2)4-9(15)5-12-10(16)14-11-13-8(3)6-17-11/h6-7,9,15H,4-5H2,1-3H3,(H2,12,13,14,16). The molecule has 1 unspecified atom stereocenters. The van der Waals surface area contributed by atoms with Gasteiger partial charge in [0.25, 0.3) is 0 Å². The summed E-state index contributed by atoms with van der Waals surface area (Å²) in [7, 11) is 0. The molecule has 17 heavy (non-hydrogen) atoms. The van der Waals surface area contributed by atoms with Crippen molar-refractivity contribution in [2.45, 2.75) is 33.3 Å². The summed E-state index contributed by atoms with van der Waals surface area (Å²) in [4.78, 5) is 15.6. The van der Waals surface area contributed by atoms with Crippen molar-refractivity contribution in [2.75, 3.05) is 11.9 Å². The van der Waals surface area contributed by atoms with Crippen molar-refractivity contribution in [1.82, 2.24) is 10.3 Å². The number of nitrogens with one attached hydrogen (secondary N) is 2. The maximum atomic E-state index is 11.4. The predicted octanol–water partition coefficient (Wildman–Crippen LogP) is 1.98. The van der Waals surface area contributed by atoms with Gasteiger partial charge in [0, 0.05) is 11.9 Å². The van der Waals surface area contributed by atoms with Gasteiger partial charge in [-0.15, -0.1) is 11.3 Å². The van der Waals surface area contributed by atoms with E-state index >= 15 is 0 Å². The van der Waals surface area contributed by atoms with Gasteiger partial charge in [-0.3, -0.25) is 5.32 Å². The van der Waals surface area contributed by atoms with E-state index < -0.39 is 6.10 Å². The Morgan fingerprint density at radius 1 is 1.59 bits per heavy atom. The Hall–Kier alpha value is -1.14. The van der Waals surface area contributed by atoms with Gasteiger partial charge < -0.3 is 10.4 Å². The number of rotatable bonds is 5. The molecule has 0 aliphatic carbocycles. The van der Waals surface area contributed by atoms with Crippen LogP contribution in [0.15, 0.2) is 5.38 Å². The van der Waals surface area contributed by atoms with E-state index in [0.29, 0.717) is 17.5 Å². The first kappa shape index (κ1) is 13.9. The Bertz CT molecular complexity index is 365. The molecule has 0 aliphatic heterocycles. The van der Waals surface area contributed by atoms with Crippen molar-refractivity contribution in [1.29, 1.82) is 0 Å². The predicted molar refractivity (Wildman–Crippen MR) is 69.3 cm³/mol. The number of urea groups is 1. The van der Waals surface area contributed by atoms with Crippen LogP contribution in [0.1, 0.15) is 26.0 Å². The first-order chi connectivity index (χ1) is 7.97. The number of amides is 2. The number of aliphatic hydroxyl groups excluding tert-OH is 1. The largest absolute Gasteiger partial charge is 0.391 e. The molecule has 5 nitrogen and oxygen atoms in total. The van der Waals surface area contributed by atoms with E-state index in [2.05, 4.69) is 15.6 Å². The zero-order chi connectivity index (χ0) is 12.8. The number of carbonyl (C=O) groups excluding carboxylic acids is 1. The van der Waals surface area contributed by atoms with Crippen molar-refractivity contribution in [3.05, 3.63) is 11.1 Å². The topological polar surface area (TPSA) is 74.2 Å². The summed E-state index contributed by atoms with van der Waals surface area (Å²) in [6, 6.07) is -0.331. The number of thiazole rings is 1. The number of aliphatic hydroxyl groups is 1. The SMILES string of the molecule is Cc1csc(NC(=O)NCC(O)CC(C)C)n1. The highest BCUT2D eigenvalue weighted by atomic mass is 32.1. The molecular weight excluding hydrogens is 238 g/mol. The summed E-state index contributed by atoms with van der Waals surface area (Å²) in [6.45, 7) is 6.18. The minimum atomic E-state index is -0.501. The Labute approximate surface area is 105 Å². The zero-order valence-electron chi connectivity index (χ0n) is 10.4. The van der Waals surface area contributed by atoms with Crippen molar-refractivity contribution in [2.24, 2.45) is 5.92 Å². The molecule has 0 saturated heterocycles. The number of aromatic nitrogens is 1. The van der Waals surface area contributed by atoms with E-state index in [1.54, 1.807) is 0 Å². The van der Waals surface area contributed by atoms with Gasteiger partial charge in [-0.25, -0.2) is 9.78 Å². The van der Waals surface area contributed by atoms with E-state index in [-0.39, 0.29) is 12.6 Å². The minimum absolute atomic E-state index is 0.258. The van der Waals surface area contributed by atoms with Crippen molar-refractivity contribution in [3.8, 4) is 0 Å². The lowest BCUT2D eigenvalue weighted by atomic mass is 10.1. The Morgan fingerprint density at radius 2 is 2.29 bits per heavy atom. The molecule has 0 aliphatic rings. The highest BCUT2D eigenvalue weighted by Crippen LogP contribution is 2.13. The Kier molecular flexibility index (Phi) is 5.37. The van der Waals surface area contributed by atoms with Gasteiger partial charge in [-0.05, 0) is 19.3 Å². The molecule has 1 heterocycles. The van der Waals surface area contributed by atoms with Crippen LogP contribution in [0.3, 0.4) is 0 Å². The minimum Gasteiger partial charge on any atom is -0.391 e. The quantitative estimate of drug-likeness (QED) is 0.755. The molecule has 0 spiro atoms. The van der Waals surface area contributed by atoms with Crippen molar-refractivity contribution < 1.29 is 9.90 Å². The number of carbonyl (C=O) groups is 1. The lowest BCUT2D eigenvalue weighted by Crippen LogP contribution is -2.35. The molecule has 1 atom stereocenters. The van der Waals surface area contributed by atoms with Gasteiger partial charge in [-0.2, -0.15) is 0 Å². The highest BCUT2D eigenvalue weighted by molar-refractivity contribution is 7.13. The lowest BCUT2D eigenvalue weighted by molar-refractivity contribution is 0.148. The number of hydrogen-bond donors (Lipinski definition) is 3. The summed E-state index contributed by atoms with van der Waals surface area (Å²) in [5.41, 5.74) is 0.880. The first-order valence-electron chi connectivity index (χ1n) is 5.62. The average molecular weight is 257 g/mol. The van der Waals surface area contributed by atoms with E-state index in [1.165, 1.54) is 11.3 Å². The van der Waals surface area contributed by atoms with Gasteiger partial charge in [0.05, 0.1) is 11.8 Å². The second-order valence-electron chi connectivity index (χ2n) is 4.41. The zero-order valence-corrected chi connectivity index (χ0v) is 11.2. The normalized spacial score (nSPS) is 12.5. The molecule has 6 heteroatoms. The fourth-order valence-electron chi connectivity index (χ4n) is 1.39. The van der Waals surface area contributed by atoms with Crippen LogP contribution in [0.5, 0.6) is 0 Å². The van der Waals surface area contributed by atoms with E-state index in [0.717, 1.165) is 5.69 Å². The van der Waals surface area contributed by atoms with Gasteiger partial charge >= 0.3 is 6.03 Å². The monoisotopic (exact) mass is 257 g/mol. The lowest BCUT2D eigenvalue weighted by Gasteiger charge is -2.13. The van der Waals surface area contributed by atoms with Gasteiger partial charge in [0.1, 0.15) is 0 Å². The molecule has 0 aromatic carbocycles. The van der Waals surface area contributed by atoms with E-state index in [1.807, 2.05) is 26.2 Å². The summed E-state index contributed by atoms with van der Waals surface area (Å²) in [6.07, 6.45) is 0.176. The molecule has 2 amide bonds. The maximum absolute atomic E-state index is 11.4. The Morgan fingerprint density at radius 3 is 2.82 bits per heavy atom. The van der Waals surface area contributed by atoms with Gasteiger partial charge in [0.2, 0.25) is 0 Å². The van der Waals surface area contributed by atoms with Crippen LogP contribution in [-0.2, 0) is 0 Å². The number of hydrogen-bond acceptors (Lipinski definition) is 4. The number of aryl methyl sites for hydroxylation is 1. The molecule has 1 aromatic heterocycles. The van der Waals surface area contributed by atoms with Crippen LogP contribution in [0.4, 0.5) is 9.93 Å². The van der Waals surface area contributed by atoms with Crippen molar-refractivity contribution in [3.63, 3.8) is 0 Å². The first-order valence-corrected chi connectivity index (χ1v) is 6.50. The smallest absolute Gasteiger partial charge is 0.321 e. The Balaban J connectivity index is 2.26. The third-order valence-corrected chi connectivity index (χ3v) is 2.96. The van der Waals surface area contributed by atoms with Crippen LogP contribution in [-0.4, -0.2) is 28.8 Å². The molecule has 1 aromatic rings. The molecule has 0 saturated carbocycles. The average Bonchev–Trinajstić information content (AvgIpc) is 2.60. The van der Waals surface area contributed by atoms with Crippen LogP contribution in [0.25, 0.3) is 0 Å². The molecule has 96 valence electrons. The highest BCUT2D eigenvalue weighted by Gasteiger charge is 2.09. The summed E-state index contributed by atoms with van der Waals surface area (Å²) >= 11 is 1.38. The summed E-state index contributed by atoms with van der Waals surface area (Å²) in [5.74, 6) is 0.413. The van der Waals surface area contributed by atoms with Crippen LogP contribution in [0, 0.1) is 12.8 Å². The van der Waals surface area contributed by atoms with Crippen LogP contribution in [0.2, 0.25) is 0 Å². The molecule has 0 fully saturated rings.